The van der Waals surface area contributed by atoms with Crippen LogP contribution in [0.2, 0.25) is 0 Å². The van der Waals surface area contributed by atoms with Crippen LogP contribution in [0.5, 0.6) is 0 Å². The average Bonchev–Trinajstić information content (AvgIpc) is 2.76. The zero-order valence-corrected chi connectivity index (χ0v) is 11.8. The van der Waals surface area contributed by atoms with Gasteiger partial charge in [-0.25, -0.2) is 0 Å². The second-order valence-electron chi connectivity index (χ2n) is 6.87. The van der Waals surface area contributed by atoms with Crippen molar-refractivity contribution in [3.05, 3.63) is 0 Å². The molecule has 2 atom stereocenters. The van der Waals surface area contributed by atoms with Gasteiger partial charge >= 0.3 is 0 Å². The van der Waals surface area contributed by atoms with Gasteiger partial charge in [-0.1, -0.05) is 19.8 Å². The molecule has 3 rings (SSSR count). The highest BCUT2D eigenvalue weighted by Gasteiger charge is 2.47. The number of carbonyl (C=O) groups excluding carboxylic acids is 2. The highest BCUT2D eigenvalue weighted by Crippen LogP contribution is 2.47. The van der Waals surface area contributed by atoms with Crippen molar-refractivity contribution in [1.82, 2.24) is 10.2 Å². The summed E-state index contributed by atoms with van der Waals surface area (Å²) >= 11 is 0. The van der Waals surface area contributed by atoms with Crippen molar-refractivity contribution in [3.8, 4) is 0 Å². The molecule has 1 spiro atoms. The van der Waals surface area contributed by atoms with Crippen LogP contribution < -0.4 is 5.32 Å². The molecule has 2 saturated heterocycles. The smallest absolute Gasteiger partial charge is 0.230 e. The molecular formula is C15H24N2O2. The van der Waals surface area contributed by atoms with Crippen molar-refractivity contribution in [3.63, 3.8) is 0 Å². The Morgan fingerprint density at radius 2 is 1.74 bits per heavy atom. The van der Waals surface area contributed by atoms with E-state index in [4.69, 9.17) is 0 Å². The number of nitrogens with zero attached hydrogens (tertiary/aromatic N) is 1. The number of imide groups is 1. The summed E-state index contributed by atoms with van der Waals surface area (Å²) < 4.78 is 0. The Kier molecular flexibility index (Phi) is 3.37. The van der Waals surface area contributed by atoms with Crippen LogP contribution in [0, 0.1) is 11.3 Å². The highest BCUT2D eigenvalue weighted by molar-refractivity contribution is 5.99. The summed E-state index contributed by atoms with van der Waals surface area (Å²) in [6, 6.07) is 0.0857. The van der Waals surface area contributed by atoms with Gasteiger partial charge in [-0.15, -0.1) is 0 Å². The SMILES string of the molecule is CC1CNCC(N2C(=O)CC3(CCCC3)CC2=O)C1. The molecule has 2 amide bonds. The highest BCUT2D eigenvalue weighted by atomic mass is 16.2. The van der Waals surface area contributed by atoms with E-state index in [1.165, 1.54) is 12.8 Å². The number of likely N-dealkylation sites (tertiary alicyclic amines) is 1. The Balaban J connectivity index is 1.73. The monoisotopic (exact) mass is 264 g/mol. The molecule has 0 aromatic rings. The topological polar surface area (TPSA) is 49.4 Å². The van der Waals surface area contributed by atoms with Gasteiger partial charge in [0.05, 0.1) is 6.04 Å². The Hall–Kier alpha value is -0.900. The van der Waals surface area contributed by atoms with Gasteiger partial charge in [-0.05, 0) is 37.1 Å². The Bertz CT molecular complexity index is 368. The summed E-state index contributed by atoms with van der Waals surface area (Å²) in [5.41, 5.74) is 0.0262. The number of rotatable bonds is 1. The Morgan fingerprint density at radius 1 is 1.11 bits per heavy atom. The standard InChI is InChI=1S/C15H24N2O2/c1-11-6-12(10-16-9-11)17-13(18)7-15(8-14(17)19)4-2-3-5-15/h11-12,16H,2-10H2,1H3. The lowest BCUT2D eigenvalue weighted by Gasteiger charge is -2.42. The van der Waals surface area contributed by atoms with Gasteiger partial charge < -0.3 is 5.32 Å². The largest absolute Gasteiger partial charge is 0.314 e. The van der Waals surface area contributed by atoms with Crippen LogP contribution in [0.25, 0.3) is 0 Å². The first-order valence-corrected chi connectivity index (χ1v) is 7.65. The predicted molar refractivity (Wildman–Crippen MR) is 72.4 cm³/mol. The fraction of sp³-hybridized carbons (Fsp3) is 0.867. The van der Waals surface area contributed by atoms with E-state index in [1.807, 2.05) is 0 Å². The normalized spacial score (nSPS) is 35.1. The molecule has 0 radical (unpaired) electrons. The van der Waals surface area contributed by atoms with Gasteiger partial charge in [0.2, 0.25) is 11.8 Å². The molecule has 0 aromatic carbocycles. The second-order valence-corrected chi connectivity index (χ2v) is 6.87. The molecule has 3 fully saturated rings. The van der Waals surface area contributed by atoms with E-state index in [9.17, 15) is 9.59 Å². The number of amides is 2. The van der Waals surface area contributed by atoms with Crippen molar-refractivity contribution in [2.24, 2.45) is 11.3 Å². The lowest BCUT2D eigenvalue weighted by atomic mass is 9.75. The molecule has 4 heteroatoms. The average molecular weight is 264 g/mol. The van der Waals surface area contributed by atoms with Crippen molar-refractivity contribution in [2.45, 2.75) is 57.9 Å². The molecule has 1 aliphatic carbocycles. The third-order valence-electron chi connectivity index (χ3n) is 5.17. The van der Waals surface area contributed by atoms with E-state index in [0.29, 0.717) is 18.8 Å². The third-order valence-corrected chi connectivity index (χ3v) is 5.17. The number of piperidine rings is 2. The first-order valence-electron chi connectivity index (χ1n) is 7.65. The molecule has 3 aliphatic rings. The van der Waals surface area contributed by atoms with Crippen molar-refractivity contribution >= 4 is 11.8 Å². The fourth-order valence-electron chi connectivity index (χ4n) is 4.22. The molecule has 1 saturated carbocycles. The van der Waals surface area contributed by atoms with E-state index < -0.39 is 0 Å². The molecule has 106 valence electrons. The maximum Gasteiger partial charge on any atom is 0.230 e. The fourth-order valence-corrected chi connectivity index (χ4v) is 4.22. The quantitative estimate of drug-likeness (QED) is 0.733. The second kappa shape index (κ2) is 4.89. The minimum atomic E-state index is 0.0262. The maximum absolute atomic E-state index is 12.4. The molecule has 4 nitrogen and oxygen atoms in total. The van der Waals surface area contributed by atoms with E-state index >= 15 is 0 Å². The van der Waals surface area contributed by atoms with Gasteiger partial charge in [0.15, 0.2) is 0 Å². The van der Waals surface area contributed by atoms with Crippen molar-refractivity contribution in [2.75, 3.05) is 13.1 Å². The molecule has 0 bridgehead atoms. The van der Waals surface area contributed by atoms with Gasteiger partial charge in [0.25, 0.3) is 0 Å². The van der Waals surface area contributed by atoms with Gasteiger partial charge in [-0.2, -0.15) is 0 Å². The predicted octanol–water partition coefficient (Wildman–Crippen LogP) is 1.69. The zero-order chi connectivity index (χ0) is 13.5. The summed E-state index contributed by atoms with van der Waals surface area (Å²) in [6.45, 7) is 3.95. The molecule has 2 aliphatic heterocycles. The van der Waals surface area contributed by atoms with Crippen LogP contribution >= 0.6 is 0 Å². The van der Waals surface area contributed by atoms with E-state index in [-0.39, 0.29) is 23.3 Å². The van der Waals surface area contributed by atoms with Crippen LogP contribution in [0.4, 0.5) is 0 Å². The number of hydrogen-bond donors (Lipinski definition) is 1. The van der Waals surface area contributed by atoms with Crippen LogP contribution in [-0.2, 0) is 9.59 Å². The summed E-state index contributed by atoms with van der Waals surface area (Å²) in [5.74, 6) is 0.708. The van der Waals surface area contributed by atoms with E-state index in [2.05, 4.69) is 12.2 Å². The molecular weight excluding hydrogens is 240 g/mol. The van der Waals surface area contributed by atoms with Crippen LogP contribution in [0.1, 0.15) is 51.9 Å². The first-order chi connectivity index (χ1) is 9.10. The van der Waals surface area contributed by atoms with E-state index in [1.54, 1.807) is 4.90 Å². The maximum atomic E-state index is 12.4. The molecule has 0 aromatic heterocycles. The molecule has 19 heavy (non-hydrogen) atoms. The van der Waals surface area contributed by atoms with Crippen LogP contribution in [0.3, 0.4) is 0 Å². The Morgan fingerprint density at radius 3 is 2.32 bits per heavy atom. The third kappa shape index (κ3) is 2.42. The van der Waals surface area contributed by atoms with Crippen LogP contribution in [-0.4, -0.2) is 35.8 Å². The van der Waals surface area contributed by atoms with Gasteiger partial charge in [0.1, 0.15) is 0 Å². The number of carbonyl (C=O) groups is 2. The summed E-state index contributed by atoms with van der Waals surface area (Å²) in [7, 11) is 0. The van der Waals surface area contributed by atoms with Gasteiger partial charge in [0, 0.05) is 19.4 Å². The van der Waals surface area contributed by atoms with Crippen molar-refractivity contribution in [1.29, 1.82) is 0 Å². The molecule has 1 N–H and O–H groups in total. The number of nitrogens with one attached hydrogen (secondary N) is 1. The molecule has 2 heterocycles. The lowest BCUT2D eigenvalue weighted by molar-refractivity contribution is -0.157. The van der Waals surface area contributed by atoms with Crippen molar-refractivity contribution < 1.29 is 9.59 Å². The number of hydrogen-bond acceptors (Lipinski definition) is 3. The van der Waals surface area contributed by atoms with Gasteiger partial charge in [-0.3, -0.25) is 14.5 Å². The lowest BCUT2D eigenvalue weighted by Crippen LogP contribution is -2.57. The summed E-state index contributed by atoms with van der Waals surface area (Å²) in [5, 5.41) is 3.34. The summed E-state index contributed by atoms with van der Waals surface area (Å²) in [6.07, 6.45) is 6.66. The Labute approximate surface area is 114 Å². The first kappa shape index (κ1) is 13.1. The van der Waals surface area contributed by atoms with Crippen LogP contribution in [0.15, 0.2) is 0 Å². The minimum absolute atomic E-state index is 0.0262. The molecule has 2 unspecified atom stereocenters. The zero-order valence-electron chi connectivity index (χ0n) is 11.8. The van der Waals surface area contributed by atoms with E-state index in [0.717, 1.165) is 32.4 Å². The summed E-state index contributed by atoms with van der Waals surface area (Å²) in [4.78, 5) is 26.5. The minimum Gasteiger partial charge on any atom is -0.314 e.